The van der Waals surface area contributed by atoms with Gasteiger partial charge in [-0.25, -0.2) is 9.97 Å². The molecule has 6 rings (SSSR count). The van der Waals surface area contributed by atoms with Crippen LogP contribution in [-0.2, 0) is 6.54 Å². The van der Waals surface area contributed by atoms with Crippen LogP contribution in [0.15, 0.2) is 55.0 Å². The summed E-state index contributed by atoms with van der Waals surface area (Å²) >= 11 is 0. The molecule has 8 nitrogen and oxygen atoms in total. The number of pyridine rings is 2. The van der Waals surface area contributed by atoms with Crippen molar-refractivity contribution in [2.45, 2.75) is 32.4 Å². The van der Waals surface area contributed by atoms with E-state index in [9.17, 15) is 9.90 Å². The maximum atomic E-state index is 12.8. The fourth-order valence-corrected chi connectivity index (χ4v) is 4.96. The molecule has 1 saturated heterocycles. The monoisotopic (exact) mass is 454 g/mol. The minimum atomic E-state index is -0.203. The molecule has 5 heterocycles. The van der Waals surface area contributed by atoms with Crippen molar-refractivity contribution in [1.29, 1.82) is 0 Å². The van der Waals surface area contributed by atoms with Crippen LogP contribution < -0.4 is 15.5 Å². The van der Waals surface area contributed by atoms with Gasteiger partial charge in [0.2, 0.25) is 0 Å². The van der Waals surface area contributed by atoms with E-state index in [1.54, 1.807) is 0 Å². The number of amides is 1. The van der Waals surface area contributed by atoms with Crippen molar-refractivity contribution in [2.24, 2.45) is 0 Å². The van der Waals surface area contributed by atoms with Gasteiger partial charge in [-0.2, -0.15) is 0 Å². The van der Waals surface area contributed by atoms with Crippen LogP contribution in [0.25, 0.3) is 16.8 Å². The number of benzene rings is 1. The van der Waals surface area contributed by atoms with Gasteiger partial charge in [0, 0.05) is 43.3 Å². The van der Waals surface area contributed by atoms with Crippen LogP contribution in [0.4, 0.5) is 17.2 Å². The molecule has 8 heteroatoms. The maximum absolute atomic E-state index is 12.8. The quantitative estimate of drug-likeness (QED) is 0.436. The third-order valence-electron chi connectivity index (χ3n) is 6.82. The van der Waals surface area contributed by atoms with Gasteiger partial charge in [-0.05, 0) is 61.2 Å². The molecule has 4 aromatic rings. The number of rotatable bonds is 4. The molecule has 0 bridgehead atoms. The zero-order valence-corrected chi connectivity index (χ0v) is 19.0. The van der Waals surface area contributed by atoms with Gasteiger partial charge in [-0.3, -0.25) is 4.79 Å². The Labute approximate surface area is 197 Å². The van der Waals surface area contributed by atoms with Crippen molar-refractivity contribution < 1.29 is 9.90 Å². The standard InChI is InChI=1S/C26H26N6O2/c1-16-13-28-25-20(3-2-10-32(16)25)19-5-6-22(24-21(19)15-29-26(24)34)30-23-7-4-17(14-27-23)31-11-8-18(33)9-12-31/h2-7,10,13-14,18,33H,8-9,11-12,15H2,1H3,(H,27,30)(H,29,34). The number of nitrogens with one attached hydrogen (secondary N) is 2. The third-order valence-corrected chi connectivity index (χ3v) is 6.82. The normalized spacial score (nSPS) is 16.1. The average Bonchev–Trinajstić information content (AvgIpc) is 3.44. The predicted molar refractivity (Wildman–Crippen MR) is 132 cm³/mol. The Kier molecular flexibility index (Phi) is 4.95. The van der Waals surface area contributed by atoms with Gasteiger partial charge in [0.1, 0.15) is 11.5 Å². The van der Waals surface area contributed by atoms with Crippen molar-refractivity contribution in [2.75, 3.05) is 23.3 Å². The van der Waals surface area contributed by atoms with E-state index in [2.05, 4.69) is 29.9 Å². The molecule has 0 aliphatic carbocycles. The van der Waals surface area contributed by atoms with Crippen molar-refractivity contribution in [3.8, 4) is 11.1 Å². The second-order valence-electron chi connectivity index (χ2n) is 8.96. The van der Waals surface area contributed by atoms with Crippen molar-refractivity contribution in [3.05, 3.63) is 71.8 Å². The lowest BCUT2D eigenvalue weighted by Gasteiger charge is -2.31. The molecule has 0 radical (unpaired) electrons. The first kappa shape index (κ1) is 20.7. The minimum Gasteiger partial charge on any atom is -0.393 e. The number of fused-ring (bicyclic) bond motifs is 2. The molecule has 1 fully saturated rings. The van der Waals surface area contributed by atoms with Gasteiger partial charge >= 0.3 is 0 Å². The largest absolute Gasteiger partial charge is 0.393 e. The summed E-state index contributed by atoms with van der Waals surface area (Å²) in [4.78, 5) is 24.2. The summed E-state index contributed by atoms with van der Waals surface area (Å²) in [5.41, 5.74) is 7.35. The first-order valence-electron chi connectivity index (χ1n) is 11.6. The van der Waals surface area contributed by atoms with E-state index in [0.717, 1.165) is 65.3 Å². The van der Waals surface area contributed by atoms with E-state index in [1.807, 2.05) is 61.9 Å². The number of hydrogen-bond donors (Lipinski definition) is 3. The Balaban J connectivity index is 1.32. The Morgan fingerprint density at radius 1 is 1.06 bits per heavy atom. The number of carbonyl (C=O) groups excluding carboxylic acids is 1. The van der Waals surface area contributed by atoms with E-state index in [-0.39, 0.29) is 12.0 Å². The van der Waals surface area contributed by atoms with Gasteiger partial charge in [0.15, 0.2) is 0 Å². The second kappa shape index (κ2) is 8.14. The Bertz CT molecular complexity index is 1390. The molecular formula is C26H26N6O2. The smallest absolute Gasteiger partial charge is 0.254 e. The number of carbonyl (C=O) groups is 1. The zero-order valence-electron chi connectivity index (χ0n) is 19.0. The summed E-state index contributed by atoms with van der Waals surface area (Å²) in [6.45, 7) is 4.16. The summed E-state index contributed by atoms with van der Waals surface area (Å²) in [7, 11) is 0. The number of aliphatic hydroxyl groups excluding tert-OH is 1. The number of aryl methyl sites for hydroxylation is 1. The van der Waals surface area contributed by atoms with Gasteiger partial charge in [0.05, 0.1) is 29.2 Å². The Morgan fingerprint density at radius 2 is 1.91 bits per heavy atom. The van der Waals surface area contributed by atoms with Crippen LogP contribution in [-0.4, -0.2) is 44.6 Å². The molecule has 0 saturated carbocycles. The molecule has 0 spiro atoms. The molecule has 34 heavy (non-hydrogen) atoms. The predicted octanol–water partition coefficient (Wildman–Crippen LogP) is 3.65. The number of hydrogen-bond acceptors (Lipinski definition) is 6. The molecule has 2 aliphatic heterocycles. The van der Waals surface area contributed by atoms with Gasteiger partial charge in [0.25, 0.3) is 5.91 Å². The zero-order chi connectivity index (χ0) is 23.2. The maximum Gasteiger partial charge on any atom is 0.254 e. The van der Waals surface area contributed by atoms with Gasteiger partial charge in [-0.1, -0.05) is 6.07 Å². The Morgan fingerprint density at radius 3 is 2.71 bits per heavy atom. The van der Waals surface area contributed by atoms with Crippen LogP contribution in [0, 0.1) is 6.92 Å². The second-order valence-corrected chi connectivity index (χ2v) is 8.96. The molecule has 0 atom stereocenters. The van der Waals surface area contributed by atoms with Crippen LogP contribution in [0.5, 0.6) is 0 Å². The molecule has 1 amide bonds. The number of anilines is 3. The number of imidazole rings is 1. The fourth-order valence-electron chi connectivity index (χ4n) is 4.96. The van der Waals surface area contributed by atoms with E-state index < -0.39 is 0 Å². The third kappa shape index (κ3) is 3.47. The molecular weight excluding hydrogens is 428 g/mol. The first-order chi connectivity index (χ1) is 16.6. The number of aliphatic hydroxyl groups is 1. The van der Waals surface area contributed by atoms with Crippen molar-refractivity contribution in [1.82, 2.24) is 19.7 Å². The van der Waals surface area contributed by atoms with Crippen molar-refractivity contribution >= 4 is 28.7 Å². The van der Waals surface area contributed by atoms with E-state index in [1.165, 1.54) is 0 Å². The summed E-state index contributed by atoms with van der Waals surface area (Å²) in [6, 6.07) is 12.0. The van der Waals surface area contributed by atoms with Gasteiger partial charge < -0.3 is 25.0 Å². The SMILES string of the molecule is Cc1cnc2c(-c3ccc(Nc4ccc(N5CCC(O)CC5)cn4)c4c3CNC4=O)cccn12. The number of piperidine rings is 1. The molecule has 172 valence electrons. The lowest BCUT2D eigenvalue weighted by atomic mass is 9.96. The van der Waals surface area contributed by atoms with Crippen LogP contribution in [0.2, 0.25) is 0 Å². The first-order valence-corrected chi connectivity index (χ1v) is 11.6. The molecule has 0 unspecified atom stereocenters. The molecule has 3 N–H and O–H groups in total. The lowest BCUT2D eigenvalue weighted by Crippen LogP contribution is -2.35. The minimum absolute atomic E-state index is 0.0886. The summed E-state index contributed by atoms with van der Waals surface area (Å²) in [5.74, 6) is 0.593. The Hall–Kier alpha value is -3.91. The fraction of sp³-hybridized carbons (Fsp3) is 0.269. The van der Waals surface area contributed by atoms with E-state index in [0.29, 0.717) is 17.9 Å². The number of nitrogens with zero attached hydrogens (tertiary/aromatic N) is 4. The van der Waals surface area contributed by atoms with E-state index in [4.69, 9.17) is 0 Å². The summed E-state index contributed by atoms with van der Waals surface area (Å²) in [5, 5.41) is 16.1. The molecule has 3 aromatic heterocycles. The highest BCUT2D eigenvalue weighted by molar-refractivity contribution is 6.06. The molecule has 2 aliphatic rings. The van der Waals surface area contributed by atoms with Gasteiger partial charge in [-0.15, -0.1) is 0 Å². The highest BCUT2D eigenvalue weighted by atomic mass is 16.3. The molecule has 1 aromatic carbocycles. The highest BCUT2D eigenvalue weighted by Gasteiger charge is 2.27. The van der Waals surface area contributed by atoms with E-state index >= 15 is 0 Å². The van der Waals surface area contributed by atoms with Crippen molar-refractivity contribution in [3.63, 3.8) is 0 Å². The van der Waals surface area contributed by atoms with Crippen LogP contribution in [0.3, 0.4) is 0 Å². The lowest BCUT2D eigenvalue weighted by molar-refractivity contribution is 0.0966. The van der Waals surface area contributed by atoms with Crippen LogP contribution >= 0.6 is 0 Å². The highest BCUT2D eigenvalue weighted by Crippen LogP contribution is 2.36. The topological polar surface area (TPSA) is 94.8 Å². The summed E-state index contributed by atoms with van der Waals surface area (Å²) < 4.78 is 2.06. The number of aromatic nitrogens is 3. The average molecular weight is 455 g/mol. The summed E-state index contributed by atoms with van der Waals surface area (Å²) in [6.07, 6.45) is 7.06. The van der Waals surface area contributed by atoms with Crippen LogP contribution in [0.1, 0.15) is 34.5 Å².